The smallest absolute Gasteiger partial charge is 0.309 e. The minimum absolute atomic E-state index is 0.0453. The van der Waals surface area contributed by atoms with Crippen LogP contribution in [0, 0.1) is 22.9 Å². The van der Waals surface area contributed by atoms with E-state index in [1.54, 1.807) is 12.1 Å². The average molecular weight is 521 g/mol. The summed E-state index contributed by atoms with van der Waals surface area (Å²) in [6, 6.07) is 7.73. The number of piperidine rings is 1. The Kier molecular flexibility index (Phi) is 8.16. The van der Waals surface area contributed by atoms with Crippen molar-refractivity contribution in [3.63, 3.8) is 0 Å². The van der Waals surface area contributed by atoms with Crippen molar-refractivity contribution >= 4 is 16.9 Å². The van der Waals surface area contributed by atoms with E-state index in [2.05, 4.69) is 4.98 Å². The molecule has 0 radical (unpaired) electrons. The van der Waals surface area contributed by atoms with E-state index in [1.165, 1.54) is 13.2 Å². The molecule has 6 nitrogen and oxygen atoms in total. The molecule has 37 heavy (non-hydrogen) atoms. The monoisotopic (exact) mass is 520 g/mol. The molecule has 1 aliphatic rings. The van der Waals surface area contributed by atoms with Gasteiger partial charge >= 0.3 is 5.97 Å². The quantitative estimate of drug-likeness (QED) is 0.346. The molecule has 0 unspecified atom stereocenters. The summed E-state index contributed by atoms with van der Waals surface area (Å²) in [5.41, 5.74) is -0.859. The van der Waals surface area contributed by atoms with Crippen molar-refractivity contribution in [1.29, 1.82) is 0 Å². The predicted octanol–water partition coefficient (Wildman–Crippen LogP) is 5.70. The van der Waals surface area contributed by atoms with E-state index in [-0.39, 0.29) is 43.6 Å². The van der Waals surface area contributed by atoms with Crippen LogP contribution in [0.25, 0.3) is 10.9 Å². The summed E-state index contributed by atoms with van der Waals surface area (Å²) in [6.45, 7) is 1.49. The molecule has 1 N–H and O–H groups in total. The zero-order chi connectivity index (χ0) is 26.6. The second-order valence-electron chi connectivity index (χ2n) is 9.29. The van der Waals surface area contributed by atoms with E-state index in [4.69, 9.17) is 9.47 Å². The number of carboxylic acids is 1. The number of benzene rings is 2. The van der Waals surface area contributed by atoms with Crippen LogP contribution in [-0.4, -0.2) is 54.3 Å². The Morgan fingerprint density at radius 1 is 1.11 bits per heavy atom. The highest BCUT2D eigenvalue weighted by Gasteiger charge is 2.42. The highest BCUT2D eigenvalue weighted by atomic mass is 19.1. The third-order valence-corrected chi connectivity index (χ3v) is 7.04. The molecule has 1 aromatic heterocycles. The van der Waals surface area contributed by atoms with Crippen LogP contribution in [-0.2, 0) is 4.79 Å². The molecule has 1 atom stereocenters. The molecule has 1 aliphatic heterocycles. The van der Waals surface area contributed by atoms with Gasteiger partial charge in [0.1, 0.15) is 41.7 Å². The third kappa shape index (κ3) is 6.12. The van der Waals surface area contributed by atoms with Gasteiger partial charge in [0.05, 0.1) is 24.2 Å². The van der Waals surface area contributed by atoms with Gasteiger partial charge in [-0.25, -0.2) is 17.6 Å². The van der Waals surface area contributed by atoms with Crippen LogP contribution in [0.4, 0.5) is 17.6 Å². The lowest BCUT2D eigenvalue weighted by Gasteiger charge is -2.39. The van der Waals surface area contributed by atoms with E-state index in [0.29, 0.717) is 36.3 Å². The fourth-order valence-electron chi connectivity index (χ4n) is 4.84. The van der Waals surface area contributed by atoms with Gasteiger partial charge in [-0.15, -0.1) is 0 Å². The number of fused-ring (bicyclic) bond motifs is 1. The van der Waals surface area contributed by atoms with Crippen LogP contribution in [0.15, 0.2) is 42.6 Å². The predicted molar refractivity (Wildman–Crippen MR) is 129 cm³/mol. The Morgan fingerprint density at radius 2 is 1.81 bits per heavy atom. The number of hydrogen-bond donors (Lipinski definition) is 1. The van der Waals surface area contributed by atoms with E-state index in [1.807, 2.05) is 4.90 Å². The van der Waals surface area contributed by atoms with Crippen molar-refractivity contribution < 1.29 is 36.9 Å². The van der Waals surface area contributed by atoms with Crippen molar-refractivity contribution in [3.8, 4) is 11.5 Å². The van der Waals surface area contributed by atoms with Crippen molar-refractivity contribution in [2.45, 2.75) is 31.9 Å². The molecule has 198 valence electrons. The first-order valence-corrected chi connectivity index (χ1v) is 12.0. The summed E-state index contributed by atoms with van der Waals surface area (Å²) >= 11 is 0. The number of halogens is 4. The summed E-state index contributed by atoms with van der Waals surface area (Å²) in [7, 11) is 1.46. The van der Waals surface area contributed by atoms with Crippen LogP contribution in [0.3, 0.4) is 0 Å². The zero-order valence-corrected chi connectivity index (χ0v) is 20.4. The maximum absolute atomic E-state index is 15.4. The number of methoxy groups -OCH3 is 1. The SMILES string of the molecule is COc1ccc2ncc(F)c([C@H](F)CCC3(C(=O)O)CCN(CCOc4cc(F)cc(F)c4)CC3)c2c1. The number of aromatic nitrogens is 1. The first-order chi connectivity index (χ1) is 17.7. The van der Waals surface area contributed by atoms with Crippen molar-refractivity contribution in [2.24, 2.45) is 5.41 Å². The number of likely N-dealkylation sites (tertiary alicyclic amines) is 1. The minimum Gasteiger partial charge on any atom is -0.497 e. The lowest BCUT2D eigenvalue weighted by Crippen LogP contribution is -2.45. The van der Waals surface area contributed by atoms with Crippen molar-refractivity contribution in [3.05, 3.63) is 65.6 Å². The highest BCUT2D eigenvalue weighted by molar-refractivity contribution is 5.84. The van der Waals surface area contributed by atoms with E-state index in [9.17, 15) is 23.1 Å². The van der Waals surface area contributed by atoms with Crippen LogP contribution < -0.4 is 9.47 Å². The molecule has 2 heterocycles. The minimum atomic E-state index is -1.72. The van der Waals surface area contributed by atoms with Gasteiger partial charge in [-0.2, -0.15) is 0 Å². The van der Waals surface area contributed by atoms with Gasteiger partial charge in [0.15, 0.2) is 0 Å². The standard InChI is InChI=1S/C27H28F4N2O4/c1-36-19-2-3-24-21(15-19)25(23(31)16-32-24)22(30)4-5-27(26(34)35)6-8-33(9-7-27)10-11-37-20-13-17(28)12-18(29)14-20/h2-3,12-16,22H,4-11H2,1H3,(H,34,35)/t22-/m1/s1. The number of carboxylic acid groups (broad SMARTS) is 1. The van der Waals surface area contributed by atoms with Crippen LogP contribution in [0.1, 0.15) is 37.4 Å². The number of rotatable bonds is 10. The summed E-state index contributed by atoms with van der Waals surface area (Å²) in [4.78, 5) is 18.2. The maximum atomic E-state index is 15.4. The Hall–Kier alpha value is -3.40. The Balaban J connectivity index is 1.37. The number of alkyl halides is 1. The molecule has 0 spiro atoms. The largest absolute Gasteiger partial charge is 0.497 e. The number of pyridine rings is 1. The fraction of sp³-hybridized carbons (Fsp3) is 0.407. The Bertz CT molecular complexity index is 1240. The van der Waals surface area contributed by atoms with E-state index < -0.39 is 35.0 Å². The van der Waals surface area contributed by atoms with Crippen LogP contribution >= 0.6 is 0 Å². The van der Waals surface area contributed by atoms with Gasteiger partial charge in [-0.05, 0) is 57.0 Å². The average Bonchev–Trinajstić information content (AvgIpc) is 2.87. The summed E-state index contributed by atoms with van der Waals surface area (Å²) in [5, 5.41) is 10.3. The molecule has 0 saturated carbocycles. The molecule has 1 fully saturated rings. The highest BCUT2D eigenvalue weighted by Crippen LogP contribution is 2.41. The topological polar surface area (TPSA) is 71.9 Å². The number of ether oxygens (including phenoxy) is 2. The van der Waals surface area contributed by atoms with Gasteiger partial charge in [0.25, 0.3) is 0 Å². The van der Waals surface area contributed by atoms with Gasteiger partial charge in [0, 0.05) is 35.7 Å². The zero-order valence-electron chi connectivity index (χ0n) is 20.4. The molecule has 0 aliphatic carbocycles. The Morgan fingerprint density at radius 3 is 2.46 bits per heavy atom. The lowest BCUT2D eigenvalue weighted by molar-refractivity contribution is -0.153. The maximum Gasteiger partial charge on any atom is 0.309 e. The second-order valence-corrected chi connectivity index (χ2v) is 9.29. The first kappa shape index (κ1) is 26.7. The molecule has 0 bridgehead atoms. The number of hydrogen-bond acceptors (Lipinski definition) is 5. The molecule has 0 amide bonds. The molecule has 1 saturated heterocycles. The summed E-state index contributed by atoms with van der Waals surface area (Å²) in [5.74, 6) is -2.74. The van der Waals surface area contributed by atoms with Crippen LogP contribution in [0.2, 0.25) is 0 Å². The van der Waals surface area contributed by atoms with Gasteiger partial charge in [-0.3, -0.25) is 14.7 Å². The summed E-state index contributed by atoms with van der Waals surface area (Å²) < 4.78 is 67.3. The fourth-order valence-corrected chi connectivity index (χ4v) is 4.84. The normalized spacial score (nSPS) is 16.5. The molecule has 4 rings (SSSR count). The van der Waals surface area contributed by atoms with Crippen molar-refractivity contribution in [1.82, 2.24) is 9.88 Å². The molecule has 10 heteroatoms. The van der Waals surface area contributed by atoms with Crippen LogP contribution in [0.5, 0.6) is 11.5 Å². The first-order valence-electron chi connectivity index (χ1n) is 12.0. The molecule has 2 aromatic carbocycles. The molecule has 3 aromatic rings. The van der Waals surface area contributed by atoms with E-state index >= 15 is 4.39 Å². The van der Waals surface area contributed by atoms with Gasteiger partial charge in [-0.1, -0.05) is 0 Å². The third-order valence-electron chi connectivity index (χ3n) is 7.04. The van der Waals surface area contributed by atoms with Crippen molar-refractivity contribution in [2.75, 3.05) is 33.4 Å². The van der Waals surface area contributed by atoms with Gasteiger partial charge in [0.2, 0.25) is 0 Å². The number of aliphatic carboxylic acids is 1. The lowest BCUT2D eigenvalue weighted by atomic mass is 9.74. The molecular formula is C27H28F4N2O4. The number of nitrogens with zero attached hydrogens (tertiary/aromatic N) is 2. The second kappa shape index (κ2) is 11.3. The Labute approximate surface area is 211 Å². The number of carbonyl (C=O) groups is 1. The molecular weight excluding hydrogens is 492 g/mol. The summed E-state index contributed by atoms with van der Waals surface area (Å²) in [6.07, 6.45) is -0.277. The van der Waals surface area contributed by atoms with Gasteiger partial charge < -0.3 is 14.6 Å². The van der Waals surface area contributed by atoms with E-state index in [0.717, 1.165) is 24.4 Å².